The van der Waals surface area contributed by atoms with Crippen molar-refractivity contribution in [2.45, 2.75) is 60.1 Å². The SMILES string of the molecule is CCC#CCC(CCO[SiH](C)C)C(C)(C)C. The minimum absolute atomic E-state index is 0.338. The molecule has 0 amide bonds. The molecule has 0 saturated carbocycles. The second kappa shape index (κ2) is 7.92. The van der Waals surface area contributed by atoms with Crippen molar-refractivity contribution in [3.8, 4) is 11.8 Å². The van der Waals surface area contributed by atoms with Gasteiger partial charge in [-0.15, -0.1) is 11.8 Å². The van der Waals surface area contributed by atoms with Gasteiger partial charge in [0.15, 0.2) is 9.04 Å². The molecule has 0 aromatic heterocycles. The molecule has 0 fully saturated rings. The Hall–Kier alpha value is -0.263. The predicted octanol–water partition coefficient (Wildman–Crippen LogP) is 3.84. The van der Waals surface area contributed by atoms with Gasteiger partial charge < -0.3 is 4.43 Å². The Kier molecular flexibility index (Phi) is 7.79. The maximum Gasteiger partial charge on any atom is 0.170 e. The fourth-order valence-electron chi connectivity index (χ4n) is 1.61. The van der Waals surface area contributed by atoms with Gasteiger partial charge in [0.2, 0.25) is 0 Å². The smallest absolute Gasteiger partial charge is 0.170 e. The maximum atomic E-state index is 5.76. The van der Waals surface area contributed by atoms with Gasteiger partial charge in [-0.25, -0.2) is 0 Å². The van der Waals surface area contributed by atoms with Crippen molar-refractivity contribution in [3.05, 3.63) is 0 Å². The summed E-state index contributed by atoms with van der Waals surface area (Å²) in [5.41, 5.74) is 0.338. The largest absolute Gasteiger partial charge is 0.421 e. The zero-order chi connectivity index (χ0) is 12.6. The third kappa shape index (κ3) is 7.96. The lowest BCUT2D eigenvalue weighted by atomic mass is 9.77. The van der Waals surface area contributed by atoms with Crippen molar-refractivity contribution in [3.63, 3.8) is 0 Å². The summed E-state index contributed by atoms with van der Waals surface area (Å²) in [4.78, 5) is 0. The summed E-state index contributed by atoms with van der Waals surface area (Å²) in [6, 6.07) is 0. The molecule has 0 aliphatic carbocycles. The maximum absolute atomic E-state index is 5.76. The van der Waals surface area contributed by atoms with Crippen LogP contribution in [0.25, 0.3) is 0 Å². The second-order valence-corrected chi connectivity index (χ2v) is 8.11. The minimum Gasteiger partial charge on any atom is -0.421 e. The van der Waals surface area contributed by atoms with Crippen LogP contribution >= 0.6 is 0 Å². The molecular weight excluding hydrogens is 212 g/mol. The number of rotatable bonds is 5. The predicted molar refractivity (Wildman–Crippen MR) is 75.1 cm³/mol. The molecule has 0 rings (SSSR count). The van der Waals surface area contributed by atoms with Gasteiger partial charge in [-0.2, -0.15) is 0 Å². The van der Waals surface area contributed by atoms with Crippen LogP contribution in [0, 0.1) is 23.2 Å². The van der Waals surface area contributed by atoms with E-state index in [1.165, 1.54) is 0 Å². The summed E-state index contributed by atoms with van der Waals surface area (Å²) < 4.78 is 5.76. The van der Waals surface area contributed by atoms with Crippen LogP contribution in [0.5, 0.6) is 0 Å². The monoisotopic (exact) mass is 240 g/mol. The van der Waals surface area contributed by atoms with E-state index in [1.54, 1.807) is 0 Å². The molecular formula is C14H28OSi. The van der Waals surface area contributed by atoms with Crippen molar-refractivity contribution < 1.29 is 4.43 Å². The van der Waals surface area contributed by atoms with E-state index in [0.29, 0.717) is 11.3 Å². The summed E-state index contributed by atoms with van der Waals surface area (Å²) in [7, 11) is -0.853. The molecule has 16 heavy (non-hydrogen) atoms. The Labute approximate surface area is 104 Å². The van der Waals surface area contributed by atoms with Crippen LogP contribution in [0.3, 0.4) is 0 Å². The molecule has 0 radical (unpaired) electrons. The first-order valence-corrected chi connectivity index (χ1v) is 9.23. The van der Waals surface area contributed by atoms with Gasteiger partial charge in [0.1, 0.15) is 0 Å². The van der Waals surface area contributed by atoms with Crippen LogP contribution in [0.2, 0.25) is 13.1 Å². The Morgan fingerprint density at radius 2 is 1.81 bits per heavy atom. The molecule has 0 aliphatic rings. The molecule has 1 atom stereocenters. The Morgan fingerprint density at radius 1 is 1.19 bits per heavy atom. The van der Waals surface area contributed by atoms with Crippen molar-refractivity contribution >= 4 is 9.04 Å². The molecule has 0 heterocycles. The number of hydrogen-bond acceptors (Lipinski definition) is 1. The average Bonchev–Trinajstić information content (AvgIpc) is 2.13. The first-order chi connectivity index (χ1) is 7.38. The summed E-state index contributed by atoms with van der Waals surface area (Å²) in [5.74, 6) is 7.11. The van der Waals surface area contributed by atoms with Crippen molar-refractivity contribution in [2.75, 3.05) is 6.61 Å². The van der Waals surface area contributed by atoms with Crippen LogP contribution in [-0.2, 0) is 4.43 Å². The molecule has 0 saturated heterocycles. The second-order valence-electron chi connectivity index (χ2n) is 5.68. The van der Waals surface area contributed by atoms with E-state index in [0.717, 1.165) is 25.9 Å². The van der Waals surface area contributed by atoms with E-state index >= 15 is 0 Å². The highest BCUT2D eigenvalue weighted by Gasteiger charge is 2.23. The third-order valence-electron chi connectivity index (χ3n) is 2.79. The lowest BCUT2D eigenvalue weighted by Crippen LogP contribution is -2.23. The van der Waals surface area contributed by atoms with Crippen molar-refractivity contribution in [2.24, 2.45) is 11.3 Å². The van der Waals surface area contributed by atoms with Gasteiger partial charge in [-0.1, -0.05) is 27.7 Å². The molecule has 0 aromatic carbocycles. The average molecular weight is 240 g/mol. The third-order valence-corrected chi connectivity index (χ3v) is 3.69. The van der Waals surface area contributed by atoms with Gasteiger partial charge in [-0.3, -0.25) is 0 Å². The fourth-order valence-corrected chi connectivity index (χ4v) is 2.22. The molecule has 0 aliphatic heterocycles. The minimum atomic E-state index is -0.853. The summed E-state index contributed by atoms with van der Waals surface area (Å²) >= 11 is 0. The molecule has 1 nitrogen and oxygen atoms in total. The van der Waals surface area contributed by atoms with Crippen LogP contribution in [-0.4, -0.2) is 15.6 Å². The first-order valence-electron chi connectivity index (χ1n) is 6.45. The highest BCUT2D eigenvalue weighted by molar-refractivity contribution is 6.48. The van der Waals surface area contributed by atoms with Crippen LogP contribution in [0.15, 0.2) is 0 Å². The topological polar surface area (TPSA) is 9.23 Å². The molecule has 0 N–H and O–H groups in total. The lowest BCUT2D eigenvalue weighted by Gasteiger charge is -2.29. The van der Waals surface area contributed by atoms with Gasteiger partial charge in [0.25, 0.3) is 0 Å². The van der Waals surface area contributed by atoms with E-state index in [4.69, 9.17) is 4.43 Å². The standard InChI is InChI=1S/C14H28OSi/c1-7-8-9-10-13(14(2,3)4)11-12-15-16(5)6/h13,16H,7,10-12H2,1-6H3. The van der Waals surface area contributed by atoms with Gasteiger partial charge >= 0.3 is 0 Å². The Bertz CT molecular complexity index is 229. The van der Waals surface area contributed by atoms with E-state index in [9.17, 15) is 0 Å². The summed E-state index contributed by atoms with van der Waals surface area (Å²) in [6.07, 6.45) is 3.12. The van der Waals surface area contributed by atoms with Gasteiger partial charge in [-0.05, 0) is 30.8 Å². The number of hydrogen-bond donors (Lipinski definition) is 0. The van der Waals surface area contributed by atoms with Crippen molar-refractivity contribution in [1.29, 1.82) is 0 Å². The quantitative estimate of drug-likeness (QED) is 0.524. The Balaban J connectivity index is 4.12. The molecule has 0 bridgehead atoms. The van der Waals surface area contributed by atoms with Crippen molar-refractivity contribution in [1.82, 2.24) is 0 Å². The zero-order valence-electron chi connectivity index (χ0n) is 11.9. The molecule has 1 unspecified atom stereocenters. The molecule has 94 valence electrons. The van der Waals surface area contributed by atoms with Crippen LogP contribution in [0.1, 0.15) is 47.0 Å². The van der Waals surface area contributed by atoms with Gasteiger partial charge in [0, 0.05) is 19.4 Å². The normalized spacial score (nSPS) is 13.4. The van der Waals surface area contributed by atoms with Crippen LogP contribution < -0.4 is 0 Å². The van der Waals surface area contributed by atoms with E-state index < -0.39 is 9.04 Å². The van der Waals surface area contributed by atoms with E-state index in [2.05, 4.69) is 52.6 Å². The highest BCUT2D eigenvalue weighted by atomic mass is 28.3. The van der Waals surface area contributed by atoms with E-state index in [-0.39, 0.29) is 0 Å². The zero-order valence-corrected chi connectivity index (χ0v) is 13.0. The summed E-state index contributed by atoms with van der Waals surface area (Å²) in [6.45, 7) is 14.4. The van der Waals surface area contributed by atoms with E-state index in [1.807, 2.05) is 0 Å². The molecule has 2 heteroatoms. The first kappa shape index (κ1) is 15.7. The summed E-state index contributed by atoms with van der Waals surface area (Å²) in [5, 5.41) is 0. The fraction of sp³-hybridized carbons (Fsp3) is 0.857. The Morgan fingerprint density at radius 3 is 2.25 bits per heavy atom. The van der Waals surface area contributed by atoms with Gasteiger partial charge in [0.05, 0.1) is 0 Å². The molecule has 0 aromatic rings. The lowest BCUT2D eigenvalue weighted by molar-refractivity contribution is 0.188. The highest BCUT2D eigenvalue weighted by Crippen LogP contribution is 2.31. The molecule has 0 spiro atoms. The van der Waals surface area contributed by atoms with Crippen LogP contribution in [0.4, 0.5) is 0 Å².